The summed E-state index contributed by atoms with van der Waals surface area (Å²) >= 11 is 0. The molecule has 1 aliphatic carbocycles. The maximum atomic E-state index is 12.3. The first-order chi connectivity index (χ1) is 16.0. The van der Waals surface area contributed by atoms with Crippen molar-refractivity contribution in [2.75, 3.05) is 5.32 Å². The number of urea groups is 1. The number of amides is 3. The van der Waals surface area contributed by atoms with Crippen LogP contribution < -0.4 is 16.4 Å². The van der Waals surface area contributed by atoms with E-state index in [1.807, 2.05) is 24.3 Å². The molecular weight excluding hydrogens is 414 g/mol. The number of anilines is 1. The normalized spacial score (nSPS) is 13.1. The standard InChI is InChI=1S/C27H28N3O3/c28-27(33)30-20(6-5-11-26(32)29-19-14-12-18(17-31)13-15-19)16-25-23-9-3-1-7-21(23)22-8-2-4-10-24(22)25/h1-4,7-15,20,25,31H,5-6,16-17H2,(H,29,32)(H3,28,30,33)/t20-/m0/s1. The summed E-state index contributed by atoms with van der Waals surface area (Å²) in [6, 6.07) is 23.0. The van der Waals surface area contributed by atoms with Crippen LogP contribution in [0.4, 0.5) is 10.5 Å². The highest BCUT2D eigenvalue weighted by Crippen LogP contribution is 2.46. The van der Waals surface area contributed by atoms with E-state index in [4.69, 9.17) is 10.8 Å². The molecule has 1 radical (unpaired) electrons. The SMILES string of the molecule is NC(=O)N[C@@H](CC[CH]C(=O)Nc1ccc(CO)cc1)CC1c2ccccc2-c2ccccc21. The number of benzene rings is 3. The highest BCUT2D eigenvalue weighted by atomic mass is 16.3. The summed E-state index contributed by atoms with van der Waals surface area (Å²) in [6.45, 7) is -0.0372. The Balaban J connectivity index is 1.38. The Kier molecular flexibility index (Phi) is 7.05. The molecule has 0 aromatic heterocycles. The molecule has 0 saturated carbocycles. The number of fused-ring (bicyclic) bond motifs is 3. The lowest BCUT2D eigenvalue weighted by Crippen LogP contribution is -2.39. The summed E-state index contributed by atoms with van der Waals surface area (Å²) in [6.07, 6.45) is 3.39. The first kappa shape index (κ1) is 22.6. The molecule has 33 heavy (non-hydrogen) atoms. The minimum absolute atomic E-state index is 0.0372. The van der Waals surface area contributed by atoms with Gasteiger partial charge in [0.2, 0.25) is 5.91 Å². The maximum Gasteiger partial charge on any atom is 0.312 e. The molecule has 1 atom stereocenters. The molecule has 0 unspecified atom stereocenters. The number of nitrogens with one attached hydrogen (secondary N) is 2. The van der Waals surface area contributed by atoms with E-state index in [0.29, 0.717) is 24.9 Å². The molecule has 5 N–H and O–H groups in total. The van der Waals surface area contributed by atoms with Crippen molar-refractivity contribution < 1.29 is 14.7 Å². The van der Waals surface area contributed by atoms with Crippen molar-refractivity contribution in [1.82, 2.24) is 5.32 Å². The lowest BCUT2D eigenvalue weighted by atomic mass is 9.88. The second kappa shape index (κ2) is 10.3. The van der Waals surface area contributed by atoms with Gasteiger partial charge in [-0.15, -0.1) is 0 Å². The molecule has 0 bridgehead atoms. The van der Waals surface area contributed by atoms with Gasteiger partial charge in [0.15, 0.2) is 0 Å². The summed E-state index contributed by atoms with van der Waals surface area (Å²) < 4.78 is 0. The van der Waals surface area contributed by atoms with Crippen molar-refractivity contribution in [2.24, 2.45) is 5.73 Å². The molecule has 6 heteroatoms. The molecular formula is C27H28N3O3. The molecule has 3 aromatic carbocycles. The van der Waals surface area contributed by atoms with Crippen LogP contribution in [0.3, 0.4) is 0 Å². The first-order valence-electron chi connectivity index (χ1n) is 11.1. The van der Waals surface area contributed by atoms with E-state index < -0.39 is 6.03 Å². The Morgan fingerprint density at radius 1 is 0.939 bits per heavy atom. The zero-order chi connectivity index (χ0) is 23.2. The van der Waals surface area contributed by atoms with Crippen molar-refractivity contribution in [3.8, 4) is 11.1 Å². The van der Waals surface area contributed by atoms with E-state index in [1.54, 1.807) is 30.7 Å². The molecule has 3 aromatic rings. The predicted molar refractivity (Wildman–Crippen MR) is 129 cm³/mol. The van der Waals surface area contributed by atoms with E-state index >= 15 is 0 Å². The Labute approximate surface area is 193 Å². The lowest BCUT2D eigenvalue weighted by molar-refractivity contribution is -0.113. The van der Waals surface area contributed by atoms with Crippen molar-refractivity contribution in [3.63, 3.8) is 0 Å². The van der Waals surface area contributed by atoms with Crippen LogP contribution >= 0.6 is 0 Å². The smallest absolute Gasteiger partial charge is 0.312 e. The van der Waals surface area contributed by atoms with Crippen LogP contribution in [0.5, 0.6) is 0 Å². The monoisotopic (exact) mass is 442 g/mol. The number of nitrogens with two attached hydrogens (primary N) is 1. The van der Waals surface area contributed by atoms with Crippen molar-refractivity contribution in [2.45, 2.75) is 37.8 Å². The lowest BCUT2D eigenvalue weighted by Gasteiger charge is -2.23. The van der Waals surface area contributed by atoms with Gasteiger partial charge in [-0.1, -0.05) is 60.7 Å². The van der Waals surface area contributed by atoms with E-state index in [-0.39, 0.29) is 24.5 Å². The van der Waals surface area contributed by atoms with Crippen LogP contribution in [-0.2, 0) is 11.4 Å². The maximum absolute atomic E-state index is 12.3. The van der Waals surface area contributed by atoms with Crippen LogP contribution in [-0.4, -0.2) is 23.1 Å². The molecule has 4 rings (SSSR count). The second-order valence-electron chi connectivity index (χ2n) is 8.29. The molecule has 0 heterocycles. The van der Waals surface area contributed by atoms with Crippen LogP contribution in [0.15, 0.2) is 72.8 Å². The number of hydrogen-bond donors (Lipinski definition) is 4. The molecule has 3 amide bonds. The number of carbonyl (C=O) groups is 2. The summed E-state index contributed by atoms with van der Waals surface area (Å²) in [4.78, 5) is 24.0. The molecule has 0 aliphatic heterocycles. The minimum atomic E-state index is -0.562. The average Bonchev–Trinajstić information content (AvgIpc) is 3.13. The van der Waals surface area contributed by atoms with E-state index in [1.165, 1.54) is 22.3 Å². The van der Waals surface area contributed by atoms with E-state index in [9.17, 15) is 9.59 Å². The van der Waals surface area contributed by atoms with Gasteiger partial charge >= 0.3 is 6.03 Å². The summed E-state index contributed by atoms with van der Waals surface area (Å²) in [5.74, 6) is -0.0470. The average molecular weight is 443 g/mol. The Hall–Kier alpha value is -3.64. The van der Waals surface area contributed by atoms with Gasteiger partial charge in [0, 0.05) is 24.1 Å². The van der Waals surface area contributed by atoms with Crippen molar-refractivity contribution >= 4 is 17.6 Å². The molecule has 0 saturated heterocycles. The fourth-order valence-electron chi connectivity index (χ4n) is 4.55. The topological polar surface area (TPSA) is 104 Å². The summed E-state index contributed by atoms with van der Waals surface area (Å²) in [5.41, 5.74) is 11.9. The number of aliphatic hydroxyl groups excluding tert-OH is 1. The van der Waals surface area contributed by atoms with Crippen LogP contribution in [0.1, 0.15) is 41.9 Å². The van der Waals surface area contributed by atoms with Crippen molar-refractivity contribution in [3.05, 3.63) is 95.9 Å². The van der Waals surface area contributed by atoms with Crippen LogP contribution in [0, 0.1) is 6.42 Å². The predicted octanol–water partition coefficient (Wildman–Crippen LogP) is 4.34. The molecule has 0 fully saturated rings. The van der Waals surface area contributed by atoms with Gasteiger partial charge in [0.1, 0.15) is 0 Å². The van der Waals surface area contributed by atoms with Crippen LogP contribution in [0.25, 0.3) is 11.1 Å². The molecule has 6 nitrogen and oxygen atoms in total. The van der Waals surface area contributed by atoms with Gasteiger partial charge in [0.05, 0.1) is 6.61 Å². The number of aliphatic hydroxyl groups is 1. The van der Waals surface area contributed by atoms with Crippen molar-refractivity contribution in [1.29, 1.82) is 0 Å². The second-order valence-corrected chi connectivity index (χ2v) is 8.29. The molecule has 169 valence electrons. The van der Waals surface area contributed by atoms with Gasteiger partial charge in [-0.3, -0.25) is 4.79 Å². The zero-order valence-corrected chi connectivity index (χ0v) is 18.3. The van der Waals surface area contributed by atoms with E-state index in [2.05, 4.69) is 34.9 Å². The highest BCUT2D eigenvalue weighted by molar-refractivity contribution is 5.97. The zero-order valence-electron chi connectivity index (χ0n) is 18.3. The fourth-order valence-corrected chi connectivity index (χ4v) is 4.55. The third-order valence-corrected chi connectivity index (χ3v) is 6.08. The number of rotatable bonds is 9. The third-order valence-electron chi connectivity index (χ3n) is 6.08. The van der Waals surface area contributed by atoms with Gasteiger partial charge in [0.25, 0.3) is 0 Å². The quantitative estimate of drug-likeness (QED) is 0.396. The first-order valence-corrected chi connectivity index (χ1v) is 11.1. The Bertz CT molecular complexity index is 1080. The van der Waals surface area contributed by atoms with Gasteiger partial charge in [-0.05, 0) is 59.2 Å². The van der Waals surface area contributed by atoms with E-state index in [0.717, 1.165) is 5.56 Å². The minimum Gasteiger partial charge on any atom is -0.392 e. The molecule has 0 spiro atoms. The number of hydrogen-bond acceptors (Lipinski definition) is 3. The number of carbonyl (C=O) groups excluding carboxylic acids is 2. The largest absolute Gasteiger partial charge is 0.392 e. The Morgan fingerprint density at radius 2 is 1.55 bits per heavy atom. The summed E-state index contributed by atoms with van der Waals surface area (Å²) in [5, 5.41) is 14.8. The summed E-state index contributed by atoms with van der Waals surface area (Å²) in [7, 11) is 0. The van der Waals surface area contributed by atoms with Gasteiger partial charge in [-0.25, -0.2) is 4.79 Å². The fraction of sp³-hybridized carbons (Fsp3) is 0.222. The third kappa shape index (κ3) is 5.41. The van der Waals surface area contributed by atoms with Gasteiger partial charge < -0.3 is 21.5 Å². The highest BCUT2D eigenvalue weighted by Gasteiger charge is 2.30. The Morgan fingerprint density at radius 3 is 2.12 bits per heavy atom. The number of primary amides is 1. The molecule has 1 aliphatic rings. The van der Waals surface area contributed by atoms with Gasteiger partial charge in [-0.2, -0.15) is 0 Å². The van der Waals surface area contributed by atoms with Crippen LogP contribution in [0.2, 0.25) is 0 Å².